The number of hydrogen-bond donors (Lipinski definition) is 1. The molecule has 0 aliphatic carbocycles. The molecule has 18 heavy (non-hydrogen) atoms. The molecule has 0 amide bonds. The van der Waals surface area contributed by atoms with E-state index in [1.54, 1.807) is 0 Å². The zero-order chi connectivity index (χ0) is 13.9. The molecule has 0 aliphatic heterocycles. The molecule has 7 nitrogen and oxygen atoms in total. The number of nitrogens with zero attached hydrogens (tertiary/aromatic N) is 2. The molecule has 1 aromatic rings. The zero-order valence-electron chi connectivity index (χ0n) is 9.09. The molecule has 0 fully saturated rings. The highest BCUT2D eigenvalue weighted by molar-refractivity contribution is 5.73. The van der Waals surface area contributed by atoms with Crippen LogP contribution in [0.3, 0.4) is 0 Å². The van der Waals surface area contributed by atoms with E-state index in [-0.39, 0.29) is 0 Å². The standard InChI is InChI=1S/C9H8F2N2O5/c1-18-9-7(13(16)17)4(2-6(14)15)5(3-12-9)8(10)11/h3,8H,2H2,1H3,(H,14,15). The first kappa shape index (κ1) is 13.7. The lowest BCUT2D eigenvalue weighted by Gasteiger charge is -2.09. The highest BCUT2D eigenvalue weighted by atomic mass is 19.3. The van der Waals surface area contributed by atoms with E-state index >= 15 is 0 Å². The molecule has 0 unspecified atom stereocenters. The van der Waals surface area contributed by atoms with E-state index in [1.165, 1.54) is 0 Å². The minimum Gasteiger partial charge on any atom is -0.481 e. The molecule has 0 bridgehead atoms. The van der Waals surface area contributed by atoms with Crippen LogP contribution in [0.4, 0.5) is 14.5 Å². The molecule has 0 saturated carbocycles. The maximum atomic E-state index is 12.7. The minimum atomic E-state index is -3.06. The van der Waals surface area contributed by atoms with Crippen molar-refractivity contribution in [2.45, 2.75) is 12.8 Å². The SMILES string of the molecule is COc1ncc(C(F)F)c(CC(=O)O)c1[N+](=O)[O-]. The summed E-state index contributed by atoms with van der Waals surface area (Å²) in [6.45, 7) is 0. The van der Waals surface area contributed by atoms with E-state index in [9.17, 15) is 23.7 Å². The van der Waals surface area contributed by atoms with Gasteiger partial charge >= 0.3 is 11.7 Å². The lowest BCUT2D eigenvalue weighted by Crippen LogP contribution is -2.10. The molecular weight excluding hydrogens is 254 g/mol. The van der Waals surface area contributed by atoms with Crippen LogP contribution in [-0.4, -0.2) is 28.1 Å². The Bertz CT molecular complexity index is 492. The number of aromatic nitrogens is 1. The number of carboxylic acids is 1. The van der Waals surface area contributed by atoms with Gasteiger partial charge in [-0.25, -0.2) is 13.8 Å². The first-order valence-electron chi connectivity index (χ1n) is 4.58. The number of carboxylic acid groups (broad SMARTS) is 1. The molecule has 0 aliphatic rings. The van der Waals surface area contributed by atoms with Crippen LogP contribution in [0.15, 0.2) is 6.20 Å². The fraction of sp³-hybridized carbons (Fsp3) is 0.333. The average Bonchev–Trinajstić information content (AvgIpc) is 2.26. The van der Waals surface area contributed by atoms with Gasteiger partial charge in [0.25, 0.3) is 12.3 Å². The van der Waals surface area contributed by atoms with Gasteiger partial charge in [-0.3, -0.25) is 14.9 Å². The van der Waals surface area contributed by atoms with Gasteiger partial charge in [0.2, 0.25) is 0 Å². The fourth-order valence-electron chi connectivity index (χ4n) is 1.40. The highest BCUT2D eigenvalue weighted by Crippen LogP contribution is 2.35. The molecule has 98 valence electrons. The van der Waals surface area contributed by atoms with Gasteiger partial charge in [0.15, 0.2) is 0 Å². The summed E-state index contributed by atoms with van der Waals surface area (Å²) in [6.07, 6.45) is -3.29. The maximum absolute atomic E-state index is 12.7. The Morgan fingerprint density at radius 3 is 2.67 bits per heavy atom. The zero-order valence-corrected chi connectivity index (χ0v) is 9.09. The highest BCUT2D eigenvalue weighted by Gasteiger charge is 2.30. The molecule has 9 heteroatoms. The molecule has 0 atom stereocenters. The van der Waals surface area contributed by atoms with Gasteiger partial charge in [-0.1, -0.05) is 0 Å². The van der Waals surface area contributed by atoms with Gasteiger partial charge in [-0.05, 0) is 0 Å². The van der Waals surface area contributed by atoms with Crippen LogP contribution in [0.1, 0.15) is 17.6 Å². The molecule has 1 rings (SSSR count). The summed E-state index contributed by atoms with van der Waals surface area (Å²) >= 11 is 0. The summed E-state index contributed by atoms with van der Waals surface area (Å²) in [5.74, 6) is -1.96. The van der Waals surface area contributed by atoms with Gasteiger partial charge in [-0.15, -0.1) is 0 Å². The number of nitro groups is 1. The second-order valence-electron chi connectivity index (χ2n) is 3.18. The number of carbonyl (C=O) groups is 1. The van der Waals surface area contributed by atoms with Crippen LogP contribution < -0.4 is 4.74 Å². The number of aliphatic carboxylic acids is 1. The van der Waals surface area contributed by atoms with E-state index in [1.807, 2.05) is 0 Å². The molecule has 0 spiro atoms. The average molecular weight is 262 g/mol. The maximum Gasteiger partial charge on any atom is 0.335 e. The molecule has 0 radical (unpaired) electrons. The van der Waals surface area contributed by atoms with Crippen LogP contribution in [0.25, 0.3) is 0 Å². The van der Waals surface area contributed by atoms with Crippen molar-refractivity contribution >= 4 is 11.7 Å². The van der Waals surface area contributed by atoms with Crippen molar-refractivity contribution in [2.75, 3.05) is 7.11 Å². The van der Waals surface area contributed by atoms with Crippen LogP contribution in [0.5, 0.6) is 5.88 Å². The molecule has 0 aromatic carbocycles. The smallest absolute Gasteiger partial charge is 0.335 e. The van der Waals surface area contributed by atoms with Gasteiger partial charge in [0.1, 0.15) is 0 Å². The van der Waals surface area contributed by atoms with Crippen molar-refractivity contribution < 1.29 is 28.3 Å². The van der Waals surface area contributed by atoms with Gasteiger partial charge in [-0.2, -0.15) is 0 Å². The van der Waals surface area contributed by atoms with Crippen LogP contribution in [0, 0.1) is 10.1 Å². The van der Waals surface area contributed by atoms with Crippen molar-refractivity contribution in [1.82, 2.24) is 4.98 Å². The molecular formula is C9H8F2N2O5. The Hall–Kier alpha value is -2.32. The van der Waals surface area contributed by atoms with Crippen LogP contribution >= 0.6 is 0 Å². The first-order chi connectivity index (χ1) is 8.38. The van der Waals surface area contributed by atoms with Crippen molar-refractivity contribution in [3.05, 3.63) is 27.4 Å². The Morgan fingerprint density at radius 1 is 1.67 bits per heavy atom. The van der Waals surface area contributed by atoms with Crippen molar-refractivity contribution in [3.63, 3.8) is 0 Å². The van der Waals surface area contributed by atoms with E-state index < -0.39 is 46.4 Å². The third-order valence-electron chi connectivity index (χ3n) is 2.10. The number of methoxy groups -OCH3 is 1. The lowest BCUT2D eigenvalue weighted by atomic mass is 10.1. The monoisotopic (exact) mass is 262 g/mol. The number of alkyl halides is 2. The largest absolute Gasteiger partial charge is 0.481 e. The summed E-state index contributed by atoms with van der Waals surface area (Å²) < 4.78 is 29.9. The van der Waals surface area contributed by atoms with E-state index in [4.69, 9.17) is 5.11 Å². The molecule has 1 heterocycles. The van der Waals surface area contributed by atoms with Crippen molar-refractivity contribution in [3.8, 4) is 5.88 Å². The van der Waals surface area contributed by atoms with Gasteiger partial charge < -0.3 is 9.84 Å². The van der Waals surface area contributed by atoms with E-state index in [2.05, 4.69) is 9.72 Å². The van der Waals surface area contributed by atoms with Crippen molar-refractivity contribution in [1.29, 1.82) is 0 Å². The normalized spacial score (nSPS) is 10.4. The summed E-state index contributed by atoms with van der Waals surface area (Å²) in [5.41, 5.74) is -2.24. The topological polar surface area (TPSA) is 103 Å². The fourth-order valence-corrected chi connectivity index (χ4v) is 1.40. The van der Waals surface area contributed by atoms with Gasteiger partial charge in [0, 0.05) is 11.8 Å². The van der Waals surface area contributed by atoms with E-state index in [0.717, 1.165) is 7.11 Å². The minimum absolute atomic E-state index is 0.499. The number of halogens is 2. The van der Waals surface area contributed by atoms with Crippen LogP contribution in [-0.2, 0) is 11.2 Å². The Morgan fingerprint density at radius 2 is 2.28 bits per heavy atom. The van der Waals surface area contributed by atoms with Crippen LogP contribution in [0.2, 0.25) is 0 Å². The number of rotatable bonds is 5. The second-order valence-corrected chi connectivity index (χ2v) is 3.18. The summed E-state index contributed by atoms with van der Waals surface area (Å²) in [4.78, 5) is 23.8. The first-order valence-corrected chi connectivity index (χ1v) is 4.58. The number of ether oxygens (including phenoxy) is 1. The summed E-state index contributed by atoms with van der Waals surface area (Å²) in [6, 6.07) is 0. The Kier molecular flexibility index (Phi) is 4.08. The third-order valence-corrected chi connectivity index (χ3v) is 2.10. The lowest BCUT2D eigenvalue weighted by molar-refractivity contribution is -0.386. The third kappa shape index (κ3) is 2.67. The Labute approximate surface area is 99.2 Å². The predicted octanol–water partition coefficient (Wildman–Crippen LogP) is 1.56. The molecule has 1 aromatic heterocycles. The molecule has 1 N–H and O–H groups in total. The van der Waals surface area contributed by atoms with Gasteiger partial charge in [0.05, 0.1) is 24.0 Å². The quantitative estimate of drug-likeness (QED) is 0.638. The summed E-state index contributed by atoms with van der Waals surface area (Å²) in [7, 11) is 1.07. The number of pyridine rings is 1. The predicted molar refractivity (Wildman–Crippen MR) is 53.7 cm³/mol. The number of hydrogen-bond acceptors (Lipinski definition) is 5. The molecule has 0 saturated heterocycles. The Balaban J connectivity index is 3.53. The van der Waals surface area contributed by atoms with Crippen molar-refractivity contribution in [2.24, 2.45) is 0 Å². The second kappa shape index (κ2) is 5.34. The van der Waals surface area contributed by atoms with E-state index in [0.29, 0.717) is 6.20 Å². The summed E-state index contributed by atoms with van der Waals surface area (Å²) in [5, 5.41) is 19.4.